The minimum atomic E-state index is 0. The van der Waals surface area contributed by atoms with Crippen molar-refractivity contribution in [3.8, 4) is 44.5 Å². The molecule has 8 nitrogen and oxygen atoms in total. The SMILES string of the molecule is C[N+](C)(C)c1ccc(-c2c3nc(c(-c4ccc([N+](C)(C)C)cc4)c4ccc([nH]4)c(-c4ccc([N+](C)(C)C)cc4)c4nc(c(-c5ccc([N+](C)(C)C)cc5)c5ccc2[nH]5)C=C4)C=C3)cc1.[Cl-].[Cl-].[Cl-].[Cl-]. The molecule has 0 atom stereocenters. The summed E-state index contributed by atoms with van der Waals surface area (Å²) in [6.07, 6.45) is 8.69. The molecule has 0 saturated carbocycles. The van der Waals surface area contributed by atoms with Gasteiger partial charge in [-0.3, -0.25) is 17.9 Å². The Hall–Kier alpha value is -5.52. The topological polar surface area (TPSA) is 57.4 Å². The van der Waals surface area contributed by atoms with Gasteiger partial charge in [0.15, 0.2) is 0 Å². The minimum Gasteiger partial charge on any atom is -1.00 e. The first-order valence-electron chi connectivity index (χ1n) is 22.1. The van der Waals surface area contributed by atoms with Gasteiger partial charge in [0.05, 0.1) is 107 Å². The van der Waals surface area contributed by atoms with Crippen LogP contribution in [0.4, 0.5) is 22.7 Å². The van der Waals surface area contributed by atoms with Crippen LogP contribution in [-0.4, -0.2) is 105 Å². The van der Waals surface area contributed by atoms with Gasteiger partial charge in [0.25, 0.3) is 0 Å². The van der Waals surface area contributed by atoms with Crippen molar-refractivity contribution in [2.24, 2.45) is 0 Å². The van der Waals surface area contributed by atoms with Gasteiger partial charge in [-0.2, -0.15) is 0 Å². The molecule has 0 saturated heterocycles. The van der Waals surface area contributed by atoms with Gasteiger partial charge in [-0.15, -0.1) is 0 Å². The molecule has 0 unspecified atom stereocenters. The summed E-state index contributed by atoms with van der Waals surface area (Å²) < 4.78 is 2.91. The maximum atomic E-state index is 5.54. The van der Waals surface area contributed by atoms with Crippen LogP contribution in [0, 0.1) is 0 Å². The van der Waals surface area contributed by atoms with Gasteiger partial charge in [0, 0.05) is 44.3 Å². The molecule has 12 heteroatoms. The maximum Gasteiger partial charge on any atom is 0.132 e. The lowest BCUT2D eigenvalue weighted by atomic mass is 10.0. The van der Waals surface area contributed by atoms with Crippen molar-refractivity contribution in [3.05, 3.63) is 144 Å². The van der Waals surface area contributed by atoms with Gasteiger partial charge in [-0.25, -0.2) is 9.97 Å². The second kappa shape index (κ2) is 19.8. The predicted molar refractivity (Wildman–Crippen MR) is 279 cm³/mol. The Morgan fingerprint density at radius 2 is 0.441 bits per heavy atom. The molecule has 8 bridgehead atoms. The number of fused-ring (bicyclic) bond motifs is 8. The predicted octanol–water partition coefficient (Wildman–Crippen LogP) is 0.126. The number of nitrogens with one attached hydrogen (secondary N) is 2. The molecule has 0 spiro atoms. The first kappa shape index (κ1) is 53.4. The number of aromatic nitrogens is 4. The largest absolute Gasteiger partial charge is 1.00 e. The fourth-order valence-corrected chi connectivity index (χ4v) is 8.72. The molecule has 0 radical (unpaired) electrons. The molecule has 7 aromatic rings. The third kappa shape index (κ3) is 10.5. The highest BCUT2D eigenvalue weighted by molar-refractivity contribution is 6.00. The quantitative estimate of drug-likeness (QED) is 0.213. The van der Waals surface area contributed by atoms with Crippen LogP contribution in [0.1, 0.15) is 22.8 Å². The zero-order valence-electron chi connectivity index (χ0n) is 41.1. The van der Waals surface area contributed by atoms with Crippen molar-refractivity contribution < 1.29 is 49.6 Å². The number of nitrogens with zero attached hydrogens (tertiary/aromatic N) is 6. The van der Waals surface area contributed by atoms with Crippen LogP contribution in [0.3, 0.4) is 0 Å². The van der Waals surface area contributed by atoms with Crippen LogP contribution in [0.2, 0.25) is 0 Å². The van der Waals surface area contributed by atoms with Crippen molar-refractivity contribution in [2.75, 3.05) is 84.6 Å². The number of halogens is 4. The zero-order chi connectivity index (χ0) is 45.3. The lowest BCUT2D eigenvalue weighted by Crippen LogP contribution is -3.00. The number of hydrogen-bond acceptors (Lipinski definition) is 2. The summed E-state index contributed by atoms with van der Waals surface area (Å²) >= 11 is 0. The van der Waals surface area contributed by atoms with Crippen LogP contribution in [0.25, 0.3) is 90.9 Å². The monoisotopic (exact) mass is 986 g/mol. The van der Waals surface area contributed by atoms with Crippen molar-refractivity contribution in [2.45, 2.75) is 0 Å². The van der Waals surface area contributed by atoms with Gasteiger partial charge in [-0.1, -0.05) is 0 Å². The van der Waals surface area contributed by atoms with Gasteiger partial charge < -0.3 is 59.6 Å². The molecule has 2 aliphatic rings. The molecular formula is C56H62Cl4N8. The third-order valence-electron chi connectivity index (χ3n) is 12.5. The van der Waals surface area contributed by atoms with Gasteiger partial charge in [0.1, 0.15) is 22.7 Å². The summed E-state index contributed by atoms with van der Waals surface area (Å²) in [5.41, 5.74) is 20.9. The molecule has 2 aliphatic heterocycles. The molecular weight excluding hydrogens is 926 g/mol. The zero-order valence-corrected chi connectivity index (χ0v) is 44.1. The number of hydrogen-bond donors (Lipinski definition) is 2. The van der Waals surface area contributed by atoms with Crippen LogP contribution >= 0.6 is 0 Å². The molecule has 3 aromatic heterocycles. The number of quaternary nitrogens is 4. The van der Waals surface area contributed by atoms with Crippen molar-refractivity contribution in [3.63, 3.8) is 0 Å². The van der Waals surface area contributed by atoms with E-state index in [0.29, 0.717) is 0 Å². The molecule has 5 heterocycles. The summed E-state index contributed by atoms with van der Waals surface area (Å²) in [5, 5.41) is 0. The highest BCUT2D eigenvalue weighted by Gasteiger charge is 2.22. The van der Waals surface area contributed by atoms with E-state index in [9.17, 15) is 0 Å². The van der Waals surface area contributed by atoms with Crippen LogP contribution < -0.4 is 67.6 Å². The van der Waals surface area contributed by atoms with E-state index >= 15 is 0 Å². The molecule has 2 N–H and O–H groups in total. The van der Waals surface area contributed by atoms with Crippen LogP contribution in [0.15, 0.2) is 121 Å². The molecule has 68 heavy (non-hydrogen) atoms. The standard InChI is InChI=1S/C56H62N8.4ClH/c1-61(2,3)41-21-13-37(14-22-41)53-45-29-31-47(57-45)54(38-15-23-42(24-16-38)62(4,5)6)49-33-35-51(59-49)56(40-19-27-44(28-20-40)64(10,11)12)52-36-34-50(60-52)55(48-32-30-46(53)58-48)39-17-25-43(26-18-39)63(7,8)9;;;;/h13-36,57,60H,1-12H3;4*1H/q+4;;;;/p-4. The maximum absolute atomic E-state index is 5.54. The van der Waals surface area contributed by atoms with E-state index in [2.05, 4.69) is 240 Å². The molecule has 354 valence electrons. The molecule has 9 rings (SSSR count). The summed E-state index contributed by atoms with van der Waals surface area (Å²) in [5.74, 6) is 0. The van der Waals surface area contributed by atoms with Crippen LogP contribution in [-0.2, 0) is 0 Å². The second-order valence-electron chi connectivity index (χ2n) is 20.7. The summed E-state index contributed by atoms with van der Waals surface area (Å²) in [6, 6.07) is 44.5. The summed E-state index contributed by atoms with van der Waals surface area (Å²) in [4.78, 5) is 18.9. The Bertz CT molecular complexity index is 2740. The molecule has 0 amide bonds. The highest BCUT2D eigenvalue weighted by atomic mass is 35.5. The fourth-order valence-electron chi connectivity index (χ4n) is 8.72. The average Bonchev–Trinajstić information content (AvgIpc) is 4.08. The molecule has 0 aliphatic carbocycles. The van der Waals surface area contributed by atoms with E-state index in [0.717, 1.165) is 107 Å². The van der Waals surface area contributed by atoms with E-state index < -0.39 is 0 Å². The number of rotatable bonds is 8. The van der Waals surface area contributed by atoms with Gasteiger partial charge >= 0.3 is 0 Å². The average molecular weight is 989 g/mol. The number of aromatic amines is 2. The number of benzene rings is 4. The van der Waals surface area contributed by atoms with Crippen molar-refractivity contribution in [1.82, 2.24) is 37.9 Å². The Morgan fingerprint density at radius 3 is 0.603 bits per heavy atom. The van der Waals surface area contributed by atoms with E-state index in [1.165, 1.54) is 22.7 Å². The van der Waals surface area contributed by atoms with E-state index in [4.69, 9.17) is 9.97 Å². The van der Waals surface area contributed by atoms with Crippen LogP contribution in [0.5, 0.6) is 0 Å². The van der Waals surface area contributed by atoms with Gasteiger partial charge in [-0.05, 0) is 168 Å². The third-order valence-corrected chi connectivity index (χ3v) is 12.5. The summed E-state index contributed by atoms with van der Waals surface area (Å²) in [6.45, 7) is 0. The molecule has 0 fully saturated rings. The Morgan fingerprint density at radius 1 is 0.265 bits per heavy atom. The van der Waals surface area contributed by atoms with E-state index in [1.54, 1.807) is 0 Å². The van der Waals surface area contributed by atoms with Crippen molar-refractivity contribution in [1.29, 1.82) is 0 Å². The Labute approximate surface area is 427 Å². The van der Waals surface area contributed by atoms with E-state index in [-0.39, 0.29) is 49.6 Å². The first-order valence-corrected chi connectivity index (χ1v) is 22.1. The minimum absolute atomic E-state index is 0. The molecule has 4 aromatic carbocycles. The highest BCUT2D eigenvalue weighted by Crippen LogP contribution is 2.40. The Balaban J connectivity index is 0.00000216. The Kier molecular flexibility index (Phi) is 15.6. The smallest absolute Gasteiger partial charge is 0.132 e. The summed E-state index contributed by atoms with van der Waals surface area (Å²) in [7, 11) is 26.4. The van der Waals surface area contributed by atoms with E-state index in [1.807, 2.05) is 0 Å². The van der Waals surface area contributed by atoms with Gasteiger partial charge in [0.2, 0.25) is 0 Å². The lowest BCUT2D eigenvalue weighted by Gasteiger charge is -2.23. The number of H-pyrrole nitrogens is 2. The van der Waals surface area contributed by atoms with Crippen molar-refractivity contribution >= 4 is 69.1 Å². The fraction of sp³-hybridized carbons (Fsp3) is 0.214. The first-order chi connectivity index (χ1) is 30.2. The lowest BCUT2D eigenvalue weighted by molar-refractivity contribution is -0.00100. The second-order valence-corrected chi connectivity index (χ2v) is 20.7. The normalized spacial score (nSPS) is 12.4.